The fraction of sp³-hybridized carbons (Fsp3) is 0.238. The third-order valence-corrected chi connectivity index (χ3v) is 6.18. The van der Waals surface area contributed by atoms with Crippen LogP contribution in [-0.4, -0.2) is 28.7 Å². The van der Waals surface area contributed by atoms with Crippen LogP contribution in [0.25, 0.3) is 27.7 Å². The lowest BCUT2D eigenvalue weighted by atomic mass is 10.1. The highest BCUT2D eigenvalue weighted by Crippen LogP contribution is 2.27. The van der Waals surface area contributed by atoms with E-state index in [1.807, 2.05) is 47.7 Å². The number of aromatic nitrogens is 6. The van der Waals surface area contributed by atoms with Gasteiger partial charge in [-0.25, -0.2) is 4.98 Å². The summed E-state index contributed by atoms with van der Waals surface area (Å²) in [7, 11) is 1.74. The van der Waals surface area contributed by atoms with Crippen molar-refractivity contribution in [3.63, 3.8) is 0 Å². The summed E-state index contributed by atoms with van der Waals surface area (Å²) < 4.78 is 5.74. The Labute approximate surface area is 171 Å². The van der Waals surface area contributed by atoms with Crippen molar-refractivity contribution in [1.29, 1.82) is 0 Å². The minimum atomic E-state index is -0.0596. The van der Waals surface area contributed by atoms with Crippen LogP contribution >= 0.6 is 11.8 Å². The van der Waals surface area contributed by atoms with E-state index in [9.17, 15) is 4.79 Å². The van der Waals surface area contributed by atoms with Gasteiger partial charge in [-0.05, 0) is 38.1 Å². The summed E-state index contributed by atoms with van der Waals surface area (Å²) in [6, 6.07) is 14.1. The first-order chi connectivity index (χ1) is 14.1. The number of hydrogen-bond donors (Lipinski definition) is 0. The molecule has 0 spiro atoms. The van der Waals surface area contributed by atoms with Crippen molar-refractivity contribution >= 4 is 39.5 Å². The minimum absolute atomic E-state index is 0.0596. The van der Waals surface area contributed by atoms with E-state index in [0.29, 0.717) is 16.9 Å². The average molecular weight is 404 g/mol. The summed E-state index contributed by atoms with van der Waals surface area (Å²) in [5.74, 6) is 1.95. The van der Waals surface area contributed by atoms with Gasteiger partial charge in [0, 0.05) is 13.6 Å². The number of imidazole rings is 1. The van der Waals surface area contributed by atoms with Crippen molar-refractivity contribution in [3.05, 3.63) is 64.2 Å². The van der Waals surface area contributed by atoms with Crippen LogP contribution in [0.3, 0.4) is 0 Å². The smallest absolute Gasteiger partial charge is 0.262 e. The van der Waals surface area contributed by atoms with Gasteiger partial charge in [-0.1, -0.05) is 35.5 Å². The van der Waals surface area contributed by atoms with Crippen LogP contribution < -0.4 is 5.56 Å². The van der Waals surface area contributed by atoms with E-state index in [1.54, 1.807) is 23.4 Å². The summed E-state index contributed by atoms with van der Waals surface area (Å²) in [5.41, 5.74) is 3.95. The predicted molar refractivity (Wildman–Crippen MR) is 115 cm³/mol. The zero-order chi connectivity index (χ0) is 20.1. The number of thioether (sulfide) groups is 1. The first-order valence-electron chi connectivity index (χ1n) is 9.50. The SMILES string of the molecule is CCn1c(SCc2nnc3n(C)c(=O)c4cc(C)ccc4n23)nc2ccccc21. The van der Waals surface area contributed by atoms with Crippen LogP contribution in [-0.2, 0) is 19.3 Å². The maximum absolute atomic E-state index is 12.7. The standard InChI is InChI=1S/C21H20N6OS/c1-4-26-17-8-6-5-7-15(17)22-21(26)29-12-18-23-24-20-25(3)19(28)14-11-13(2)9-10-16(14)27(18)20/h5-11H,4,12H2,1-3H3. The van der Waals surface area contributed by atoms with Gasteiger partial charge in [0.25, 0.3) is 5.56 Å². The normalized spacial score (nSPS) is 11.8. The molecule has 0 saturated heterocycles. The Balaban J connectivity index is 1.62. The lowest BCUT2D eigenvalue weighted by Gasteiger charge is -2.09. The van der Waals surface area contributed by atoms with Crippen molar-refractivity contribution in [2.45, 2.75) is 31.3 Å². The molecule has 0 atom stereocenters. The Hall–Kier alpha value is -3.13. The van der Waals surface area contributed by atoms with E-state index in [0.717, 1.165) is 39.6 Å². The molecule has 7 nitrogen and oxygen atoms in total. The molecule has 0 N–H and O–H groups in total. The number of para-hydroxylation sites is 2. The van der Waals surface area contributed by atoms with Gasteiger partial charge in [-0.15, -0.1) is 10.2 Å². The zero-order valence-electron chi connectivity index (χ0n) is 16.5. The second kappa shape index (κ2) is 6.73. The van der Waals surface area contributed by atoms with E-state index < -0.39 is 0 Å². The molecule has 0 saturated carbocycles. The largest absolute Gasteiger partial charge is 0.319 e. The molecule has 0 amide bonds. The highest BCUT2D eigenvalue weighted by Gasteiger charge is 2.16. The lowest BCUT2D eigenvalue weighted by Crippen LogP contribution is -2.20. The van der Waals surface area contributed by atoms with Crippen LogP contribution in [0.15, 0.2) is 52.4 Å². The molecule has 0 bridgehead atoms. The number of nitrogens with zero attached hydrogens (tertiary/aromatic N) is 6. The van der Waals surface area contributed by atoms with Crippen LogP contribution in [0.5, 0.6) is 0 Å². The van der Waals surface area contributed by atoms with Gasteiger partial charge < -0.3 is 4.57 Å². The second-order valence-electron chi connectivity index (χ2n) is 7.05. The molecular weight excluding hydrogens is 384 g/mol. The topological polar surface area (TPSA) is 70.0 Å². The molecule has 0 aliphatic rings. The van der Waals surface area contributed by atoms with Gasteiger partial charge in [-0.3, -0.25) is 13.8 Å². The van der Waals surface area contributed by atoms with Gasteiger partial charge in [0.05, 0.1) is 27.7 Å². The number of rotatable bonds is 4. The number of aryl methyl sites for hydroxylation is 3. The molecule has 2 aromatic carbocycles. The molecule has 146 valence electrons. The fourth-order valence-corrected chi connectivity index (χ4v) is 4.74. The molecule has 5 rings (SSSR count). The molecule has 8 heteroatoms. The summed E-state index contributed by atoms with van der Waals surface area (Å²) in [4.78, 5) is 17.5. The molecule has 0 unspecified atom stereocenters. The number of hydrogen-bond acceptors (Lipinski definition) is 5. The molecule has 0 fully saturated rings. The van der Waals surface area contributed by atoms with E-state index in [1.165, 1.54) is 0 Å². The van der Waals surface area contributed by atoms with Crippen LogP contribution in [0.4, 0.5) is 0 Å². The van der Waals surface area contributed by atoms with E-state index >= 15 is 0 Å². The Morgan fingerprint density at radius 1 is 1.07 bits per heavy atom. The van der Waals surface area contributed by atoms with Crippen LogP contribution in [0, 0.1) is 6.92 Å². The van der Waals surface area contributed by atoms with Crippen LogP contribution in [0.2, 0.25) is 0 Å². The molecule has 0 aliphatic carbocycles. The maximum atomic E-state index is 12.7. The van der Waals surface area contributed by atoms with Crippen molar-refractivity contribution < 1.29 is 0 Å². The van der Waals surface area contributed by atoms with Gasteiger partial charge >= 0.3 is 0 Å². The molecule has 5 aromatic rings. The molecule has 0 radical (unpaired) electrons. The monoisotopic (exact) mass is 404 g/mol. The van der Waals surface area contributed by atoms with Crippen molar-refractivity contribution in [3.8, 4) is 0 Å². The highest BCUT2D eigenvalue weighted by atomic mass is 32.2. The molecular formula is C21H20N6OS. The summed E-state index contributed by atoms with van der Waals surface area (Å²) >= 11 is 1.63. The Kier molecular flexibility index (Phi) is 4.16. The summed E-state index contributed by atoms with van der Waals surface area (Å²) in [5, 5.41) is 10.3. The maximum Gasteiger partial charge on any atom is 0.262 e. The van der Waals surface area contributed by atoms with E-state index in [4.69, 9.17) is 4.98 Å². The first-order valence-corrected chi connectivity index (χ1v) is 10.5. The van der Waals surface area contributed by atoms with Gasteiger partial charge in [0.2, 0.25) is 5.78 Å². The van der Waals surface area contributed by atoms with Crippen molar-refractivity contribution in [2.24, 2.45) is 7.05 Å². The van der Waals surface area contributed by atoms with Crippen molar-refractivity contribution in [1.82, 2.24) is 28.7 Å². The summed E-state index contributed by atoms with van der Waals surface area (Å²) in [6.07, 6.45) is 0. The Morgan fingerprint density at radius 3 is 2.72 bits per heavy atom. The Bertz CT molecular complexity index is 1440. The summed E-state index contributed by atoms with van der Waals surface area (Å²) in [6.45, 7) is 4.96. The highest BCUT2D eigenvalue weighted by molar-refractivity contribution is 7.98. The average Bonchev–Trinajstić information content (AvgIpc) is 3.31. The molecule has 0 aliphatic heterocycles. The van der Waals surface area contributed by atoms with Gasteiger partial charge in [0.1, 0.15) is 5.82 Å². The van der Waals surface area contributed by atoms with Gasteiger partial charge in [-0.2, -0.15) is 0 Å². The third kappa shape index (κ3) is 2.74. The first kappa shape index (κ1) is 17.9. The zero-order valence-corrected chi connectivity index (χ0v) is 17.3. The quantitative estimate of drug-likeness (QED) is 0.429. The van der Waals surface area contributed by atoms with Gasteiger partial charge in [0.15, 0.2) is 5.16 Å². The lowest BCUT2D eigenvalue weighted by molar-refractivity contribution is 0.702. The van der Waals surface area contributed by atoms with Crippen LogP contribution in [0.1, 0.15) is 18.3 Å². The second-order valence-corrected chi connectivity index (χ2v) is 7.99. The predicted octanol–water partition coefficient (Wildman–Crippen LogP) is 3.55. The van der Waals surface area contributed by atoms with E-state index in [-0.39, 0.29) is 5.56 Å². The molecule has 29 heavy (non-hydrogen) atoms. The molecule has 3 aromatic heterocycles. The number of benzene rings is 2. The molecule has 3 heterocycles. The fourth-order valence-electron chi connectivity index (χ4n) is 3.75. The van der Waals surface area contributed by atoms with E-state index in [2.05, 4.69) is 27.8 Å². The number of fused-ring (bicyclic) bond motifs is 4. The third-order valence-electron chi connectivity index (χ3n) is 5.21. The Morgan fingerprint density at radius 2 is 1.90 bits per heavy atom. The van der Waals surface area contributed by atoms with Crippen molar-refractivity contribution in [2.75, 3.05) is 0 Å². The minimum Gasteiger partial charge on any atom is -0.319 e.